The van der Waals surface area contributed by atoms with Gasteiger partial charge in [0.1, 0.15) is 11.5 Å². The summed E-state index contributed by atoms with van der Waals surface area (Å²) in [7, 11) is 1.59. The van der Waals surface area contributed by atoms with Gasteiger partial charge in [-0.15, -0.1) is 11.3 Å². The Morgan fingerprint density at radius 3 is 2.41 bits per heavy atom. The number of esters is 2. The van der Waals surface area contributed by atoms with Crippen molar-refractivity contribution in [3.63, 3.8) is 0 Å². The van der Waals surface area contributed by atoms with Crippen LogP contribution in [0.5, 0.6) is 11.5 Å². The van der Waals surface area contributed by atoms with Gasteiger partial charge in [0.25, 0.3) is 0 Å². The van der Waals surface area contributed by atoms with Gasteiger partial charge in [0, 0.05) is 17.4 Å². The van der Waals surface area contributed by atoms with Gasteiger partial charge in [-0.25, -0.2) is 0 Å². The standard InChI is InChI=1S/C23H22O5S/c1-16(24)27-23(17-9-11-18(26-2)12-10-17)20-7-3-4-8-21(20)28-22(25)14-13-19-6-5-15-29-19/h3-12,15,23H,13-14H2,1-2H3. The molecule has 1 aromatic heterocycles. The molecule has 6 heteroatoms. The first-order valence-electron chi connectivity index (χ1n) is 9.20. The maximum Gasteiger partial charge on any atom is 0.311 e. The quantitative estimate of drug-likeness (QED) is 0.388. The molecule has 0 radical (unpaired) electrons. The summed E-state index contributed by atoms with van der Waals surface area (Å²) in [6.45, 7) is 1.35. The van der Waals surface area contributed by atoms with E-state index in [1.54, 1.807) is 48.8 Å². The molecule has 3 aromatic rings. The second-order valence-corrected chi connectivity index (χ2v) is 7.39. The number of carbonyl (C=O) groups excluding carboxylic acids is 2. The van der Waals surface area contributed by atoms with Crippen LogP contribution in [-0.4, -0.2) is 19.0 Å². The highest BCUT2D eigenvalue weighted by atomic mass is 32.1. The summed E-state index contributed by atoms with van der Waals surface area (Å²) < 4.78 is 16.4. The Morgan fingerprint density at radius 2 is 1.76 bits per heavy atom. The highest BCUT2D eigenvalue weighted by Gasteiger charge is 2.22. The van der Waals surface area contributed by atoms with Crippen molar-refractivity contribution in [2.24, 2.45) is 0 Å². The van der Waals surface area contributed by atoms with Gasteiger partial charge in [-0.3, -0.25) is 9.59 Å². The van der Waals surface area contributed by atoms with Crippen molar-refractivity contribution in [2.75, 3.05) is 7.11 Å². The second-order valence-electron chi connectivity index (χ2n) is 6.35. The molecule has 0 saturated heterocycles. The van der Waals surface area contributed by atoms with Crippen LogP contribution in [0.15, 0.2) is 66.0 Å². The molecule has 0 aliphatic rings. The molecule has 2 aromatic carbocycles. The molecule has 150 valence electrons. The lowest BCUT2D eigenvalue weighted by Crippen LogP contribution is -2.14. The van der Waals surface area contributed by atoms with Crippen molar-refractivity contribution in [3.8, 4) is 11.5 Å². The van der Waals surface area contributed by atoms with Crippen LogP contribution in [0.25, 0.3) is 0 Å². The normalized spacial score (nSPS) is 11.5. The van der Waals surface area contributed by atoms with Gasteiger partial charge < -0.3 is 14.2 Å². The fourth-order valence-corrected chi connectivity index (χ4v) is 3.61. The molecule has 1 heterocycles. The predicted octanol–water partition coefficient (Wildman–Crippen LogP) is 4.95. The summed E-state index contributed by atoms with van der Waals surface area (Å²) >= 11 is 1.61. The maximum absolute atomic E-state index is 12.4. The third kappa shape index (κ3) is 5.68. The smallest absolute Gasteiger partial charge is 0.311 e. The number of hydrogen-bond acceptors (Lipinski definition) is 6. The van der Waals surface area contributed by atoms with E-state index in [9.17, 15) is 9.59 Å². The molecule has 0 saturated carbocycles. The fourth-order valence-electron chi connectivity index (χ4n) is 2.90. The zero-order valence-electron chi connectivity index (χ0n) is 16.3. The molecule has 3 rings (SSSR count). The van der Waals surface area contributed by atoms with E-state index >= 15 is 0 Å². The predicted molar refractivity (Wildman–Crippen MR) is 111 cm³/mol. The van der Waals surface area contributed by atoms with Gasteiger partial charge in [0.05, 0.1) is 13.5 Å². The lowest BCUT2D eigenvalue weighted by Gasteiger charge is -2.20. The first-order chi connectivity index (χ1) is 14.1. The highest BCUT2D eigenvalue weighted by Crippen LogP contribution is 2.34. The van der Waals surface area contributed by atoms with Crippen LogP contribution in [0.4, 0.5) is 0 Å². The minimum Gasteiger partial charge on any atom is -0.497 e. The third-order valence-electron chi connectivity index (χ3n) is 4.28. The van der Waals surface area contributed by atoms with Gasteiger partial charge in [-0.05, 0) is 41.6 Å². The molecule has 0 fully saturated rings. The lowest BCUT2D eigenvalue weighted by atomic mass is 10.00. The molecule has 0 amide bonds. The molecule has 5 nitrogen and oxygen atoms in total. The van der Waals surface area contributed by atoms with Gasteiger partial charge in [-0.2, -0.15) is 0 Å². The Bertz CT molecular complexity index is 948. The van der Waals surface area contributed by atoms with Crippen LogP contribution >= 0.6 is 11.3 Å². The molecule has 0 bridgehead atoms. The molecular formula is C23H22O5S. The minimum atomic E-state index is -0.695. The summed E-state index contributed by atoms with van der Waals surface area (Å²) in [4.78, 5) is 25.3. The van der Waals surface area contributed by atoms with Crippen LogP contribution in [0.3, 0.4) is 0 Å². The number of carbonyl (C=O) groups is 2. The number of ether oxygens (including phenoxy) is 3. The molecule has 0 aliphatic heterocycles. The third-order valence-corrected chi connectivity index (χ3v) is 5.22. The zero-order chi connectivity index (χ0) is 20.6. The van der Waals surface area contributed by atoms with E-state index in [0.29, 0.717) is 23.5 Å². The topological polar surface area (TPSA) is 61.8 Å². The Kier molecular flexibility index (Phi) is 7.03. The van der Waals surface area contributed by atoms with Crippen molar-refractivity contribution in [1.82, 2.24) is 0 Å². The van der Waals surface area contributed by atoms with Gasteiger partial charge in [0.15, 0.2) is 6.10 Å². The summed E-state index contributed by atoms with van der Waals surface area (Å²) in [6, 6.07) is 18.3. The maximum atomic E-state index is 12.4. The number of hydrogen-bond donors (Lipinski definition) is 0. The first-order valence-corrected chi connectivity index (χ1v) is 10.1. The molecule has 29 heavy (non-hydrogen) atoms. The molecule has 1 atom stereocenters. The number of thiophene rings is 1. The molecule has 1 unspecified atom stereocenters. The average Bonchev–Trinajstić information content (AvgIpc) is 3.25. The number of methoxy groups -OCH3 is 1. The second kappa shape index (κ2) is 9.89. The van der Waals surface area contributed by atoms with E-state index in [4.69, 9.17) is 14.2 Å². The molecular weight excluding hydrogens is 388 g/mol. The Labute approximate surface area is 173 Å². The van der Waals surface area contributed by atoms with Crippen molar-refractivity contribution in [3.05, 3.63) is 82.0 Å². The SMILES string of the molecule is COc1ccc(C(OC(C)=O)c2ccccc2OC(=O)CCc2cccs2)cc1. The fraction of sp³-hybridized carbons (Fsp3) is 0.217. The van der Waals surface area contributed by atoms with Gasteiger partial charge in [0.2, 0.25) is 0 Å². The zero-order valence-corrected chi connectivity index (χ0v) is 17.1. The van der Waals surface area contributed by atoms with Gasteiger partial charge in [-0.1, -0.05) is 36.4 Å². The minimum absolute atomic E-state index is 0.273. The number of rotatable bonds is 8. The van der Waals surface area contributed by atoms with Crippen LogP contribution in [0.1, 0.15) is 35.5 Å². The first kappa shape index (κ1) is 20.6. The summed E-state index contributed by atoms with van der Waals surface area (Å²) in [6.07, 6.45) is 0.208. The molecule has 0 N–H and O–H groups in total. The van der Waals surface area contributed by atoms with E-state index in [2.05, 4.69) is 0 Å². The van der Waals surface area contributed by atoms with Crippen LogP contribution in [0.2, 0.25) is 0 Å². The summed E-state index contributed by atoms with van der Waals surface area (Å²) in [5.74, 6) is 0.321. The largest absolute Gasteiger partial charge is 0.497 e. The van der Waals surface area contributed by atoms with Crippen LogP contribution in [0, 0.1) is 0 Å². The van der Waals surface area contributed by atoms with Crippen molar-refractivity contribution in [2.45, 2.75) is 25.9 Å². The van der Waals surface area contributed by atoms with Crippen molar-refractivity contribution < 1.29 is 23.8 Å². The van der Waals surface area contributed by atoms with Crippen LogP contribution in [-0.2, 0) is 20.7 Å². The Balaban J connectivity index is 1.82. The van der Waals surface area contributed by atoms with E-state index in [0.717, 1.165) is 10.4 Å². The lowest BCUT2D eigenvalue weighted by molar-refractivity contribution is -0.144. The van der Waals surface area contributed by atoms with E-state index in [1.165, 1.54) is 6.92 Å². The Morgan fingerprint density at radius 1 is 1.00 bits per heavy atom. The van der Waals surface area contributed by atoms with E-state index in [1.807, 2.05) is 35.7 Å². The van der Waals surface area contributed by atoms with Gasteiger partial charge >= 0.3 is 11.9 Å². The highest BCUT2D eigenvalue weighted by molar-refractivity contribution is 7.09. The Hall–Kier alpha value is -3.12. The number of benzene rings is 2. The monoisotopic (exact) mass is 410 g/mol. The van der Waals surface area contributed by atoms with E-state index in [-0.39, 0.29) is 12.4 Å². The van der Waals surface area contributed by atoms with Crippen molar-refractivity contribution >= 4 is 23.3 Å². The van der Waals surface area contributed by atoms with Crippen molar-refractivity contribution in [1.29, 1.82) is 0 Å². The summed E-state index contributed by atoms with van der Waals surface area (Å²) in [5, 5.41) is 1.98. The van der Waals surface area contributed by atoms with Crippen LogP contribution < -0.4 is 9.47 Å². The molecule has 0 aliphatic carbocycles. The summed E-state index contributed by atoms with van der Waals surface area (Å²) in [5.41, 5.74) is 1.36. The number of aryl methyl sites for hydroxylation is 1. The number of para-hydroxylation sites is 1. The average molecular weight is 410 g/mol. The van der Waals surface area contributed by atoms with E-state index < -0.39 is 12.1 Å². The molecule has 0 spiro atoms.